The Kier molecular flexibility index (Phi) is 4.20. The predicted octanol–water partition coefficient (Wildman–Crippen LogP) is 3.10. The summed E-state index contributed by atoms with van der Waals surface area (Å²) in [6.45, 7) is 2.52. The average Bonchev–Trinajstić information content (AvgIpc) is 3.16. The van der Waals surface area contributed by atoms with Gasteiger partial charge in [0.1, 0.15) is 11.0 Å². The first kappa shape index (κ1) is 14.7. The Bertz CT molecular complexity index is 732. The van der Waals surface area contributed by atoms with Crippen LogP contribution in [0.15, 0.2) is 42.7 Å². The molecule has 0 fully saturated rings. The minimum atomic E-state index is -0.255. The first-order valence-corrected chi connectivity index (χ1v) is 8.09. The summed E-state index contributed by atoms with van der Waals surface area (Å²) in [5.41, 5.74) is 0.988. The summed E-state index contributed by atoms with van der Waals surface area (Å²) < 4.78 is 2.87. The lowest BCUT2D eigenvalue weighted by Crippen LogP contribution is -2.34. The largest absolute Gasteiger partial charge is 0.337 e. The summed E-state index contributed by atoms with van der Waals surface area (Å²) >= 11 is 1.63. The zero-order valence-electron chi connectivity index (χ0n) is 12.6. The van der Waals surface area contributed by atoms with Gasteiger partial charge in [-0.2, -0.15) is 5.10 Å². The molecule has 114 valence electrons. The van der Waals surface area contributed by atoms with Gasteiger partial charge in [-0.1, -0.05) is 19.1 Å². The van der Waals surface area contributed by atoms with Crippen LogP contribution in [0.25, 0.3) is 10.2 Å². The number of hydrogen-bond donors (Lipinski definition) is 0. The van der Waals surface area contributed by atoms with Gasteiger partial charge in [0.2, 0.25) is 5.91 Å². The van der Waals surface area contributed by atoms with Gasteiger partial charge < -0.3 is 4.90 Å². The van der Waals surface area contributed by atoms with E-state index in [0.717, 1.165) is 15.2 Å². The summed E-state index contributed by atoms with van der Waals surface area (Å²) in [6, 6.07) is 9.61. The van der Waals surface area contributed by atoms with Crippen LogP contribution in [0, 0.1) is 0 Å². The lowest BCUT2D eigenvalue weighted by molar-refractivity contribution is -0.134. The van der Waals surface area contributed by atoms with Crippen molar-refractivity contribution in [3.05, 3.63) is 47.7 Å². The van der Waals surface area contributed by atoms with Gasteiger partial charge in [-0.15, -0.1) is 11.3 Å². The van der Waals surface area contributed by atoms with Crippen LogP contribution in [-0.2, 0) is 11.3 Å². The molecule has 0 saturated heterocycles. The molecule has 0 radical (unpaired) electrons. The summed E-state index contributed by atoms with van der Waals surface area (Å²) in [6.07, 6.45) is 4.24. The molecule has 6 heteroatoms. The number of fused-ring (bicyclic) bond motifs is 1. The fourth-order valence-electron chi connectivity index (χ4n) is 2.46. The highest BCUT2D eigenvalue weighted by Gasteiger charge is 2.23. The minimum Gasteiger partial charge on any atom is -0.337 e. The monoisotopic (exact) mass is 314 g/mol. The number of rotatable bonds is 5. The van der Waals surface area contributed by atoms with Gasteiger partial charge in [0.15, 0.2) is 0 Å². The maximum absolute atomic E-state index is 12.6. The molecule has 0 aliphatic carbocycles. The quantitative estimate of drug-likeness (QED) is 0.727. The molecule has 1 aromatic carbocycles. The first-order valence-electron chi connectivity index (χ1n) is 7.27. The van der Waals surface area contributed by atoms with Crippen LogP contribution >= 0.6 is 11.3 Å². The van der Waals surface area contributed by atoms with Crippen LogP contribution < -0.4 is 0 Å². The van der Waals surface area contributed by atoms with Crippen molar-refractivity contribution in [1.29, 1.82) is 0 Å². The predicted molar refractivity (Wildman–Crippen MR) is 87.6 cm³/mol. The van der Waals surface area contributed by atoms with Crippen molar-refractivity contribution >= 4 is 27.5 Å². The number of aromatic nitrogens is 3. The Morgan fingerprint density at radius 1 is 1.36 bits per heavy atom. The molecule has 3 aromatic rings. The molecule has 0 spiro atoms. The van der Waals surface area contributed by atoms with E-state index in [0.29, 0.717) is 13.0 Å². The fourth-order valence-corrected chi connectivity index (χ4v) is 3.48. The SMILES string of the molecule is CC[C@@H](C(=O)N(C)Cc1nc2ccccc2s1)n1cccn1. The van der Waals surface area contributed by atoms with Gasteiger partial charge in [-0.25, -0.2) is 4.98 Å². The zero-order chi connectivity index (χ0) is 15.5. The second-order valence-electron chi connectivity index (χ2n) is 5.18. The van der Waals surface area contributed by atoms with Crippen molar-refractivity contribution in [2.24, 2.45) is 0 Å². The molecule has 1 amide bonds. The molecule has 2 heterocycles. The van der Waals surface area contributed by atoms with Crippen LogP contribution in [0.2, 0.25) is 0 Å². The van der Waals surface area contributed by atoms with Crippen LogP contribution in [0.1, 0.15) is 24.4 Å². The molecular formula is C16H18N4OS. The molecular weight excluding hydrogens is 296 g/mol. The molecule has 0 N–H and O–H groups in total. The third-order valence-corrected chi connectivity index (χ3v) is 4.62. The minimum absolute atomic E-state index is 0.0606. The lowest BCUT2D eigenvalue weighted by Gasteiger charge is -2.22. The summed E-state index contributed by atoms with van der Waals surface area (Å²) in [4.78, 5) is 18.9. The lowest BCUT2D eigenvalue weighted by atomic mass is 10.2. The second-order valence-corrected chi connectivity index (χ2v) is 6.29. The maximum Gasteiger partial charge on any atom is 0.247 e. The van der Waals surface area contributed by atoms with Crippen LogP contribution in [0.3, 0.4) is 0 Å². The topological polar surface area (TPSA) is 51.0 Å². The van der Waals surface area contributed by atoms with Gasteiger partial charge in [0.05, 0.1) is 16.8 Å². The Labute approximate surface area is 133 Å². The number of amides is 1. The van der Waals surface area contributed by atoms with Crippen LogP contribution in [-0.4, -0.2) is 32.6 Å². The highest BCUT2D eigenvalue weighted by atomic mass is 32.1. The summed E-state index contributed by atoms with van der Waals surface area (Å²) in [5, 5.41) is 5.14. The number of likely N-dealkylation sites (N-methyl/N-ethyl adjacent to an activating group) is 1. The molecule has 0 saturated carbocycles. The molecule has 0 aliphatic rings. The van der Waals surface area contributed by atoms with Crippen molar-refractivity contribution < 1.29 is 4.79 Å². The Balaban J connectivity index is 1.75. The summed E-state index contributed by atoms with van der Waals surface area (Å²) in [5.74, 6) is 0.0606. The van der Waals surface area contributed by atoms with Crippen LogP contribution in [0.5, 0.6) is 0 Å². The van der Waals surface area contributed by atoms with Crippen molar-refractivity contribution in [2.75, 3.05) is 7.05 Å². The van der Waals surface area contributed by atoms with Gasteiger partial charge in [0.25, 0.3) is 0 Å². The van der Waals surface area contributed by atoms with Crippen molar-refractivity contribution in [2.45, 2.75) is 25.9 Å². The van der Waals surface area contributed by atoms with E-state index in [1.54, 1.807) is 27.1 Å². The number of nitrogens with zero attached hydrogens (tertiary/aromatic N) is 4. The van der Waals surface area contributed by atoms with Gasteiger partial charge >= 0.3 is 0 Å². The Hall–Kier alpha value is -2.21. The van der Waals surface area contributed by atoms with E-state index in [2.05, 4.69) is 16.1 Å². The molecule has 0 unspecified atom stereocenters. The van der Waals surface area contributed by atoms with E-state index < -0.39 is 0 Å². The standard InChI is InChI=1S/C16H18N4OS/c1-3-13(20-10-6-9-17-20)16(21)19(2)11-15-18-12-7-4-5-8-14(12)22-15/h4-10,13H,3,11H2,1-2H3/t13-/m0/s1. The number of benzene rings is 1. The number of carbonyl (C=O) groups excluding carboxylic acids is 1. The van der Waals surface area contributed by atoms with E-state index >= 15 is 0 Å². The molecule has 0 bridgehead atoms. The third kappa shape index (κ3) is 2.87. The van der Waals surface area contributed by atoms with Gasteiger partial charge in [-0.3, -0.25) is 9.48 Å². The molecule has 2 aromatic heterocycles. The average molecular weight is 314 g/mol. The van der Waals surface area contributed by atoms with E-state index in [1.807, 2.05) is 44.4 Å². The molecule has 3 rings (SSSR count). The van der Waals surface area contributed by atoms with E-state index in [4.69, 9.17) is 0 Å². The number of thiazole rings is 1. The number of carbonyl (C=O) groups is 1. The van der Waals surface area contributed by atoms with E-state index in [-0.39, 0.29) is 11.9 Å². The number of hydrogen-bond acceptors (Lipinski definition) is 4. The zero-order valence-corrected chi connectivity index (χ0v) is 13.5. The highest BCUT2D eigenvalue weighted by molar-refractivity contribution is 7.18. The maximum atomic E-state index is 12.6. The van der Waals surface area contributed by atoms with Crippen LogP contribution in [0.4, 0.5) is 0 Å². The summed E-state index contributed by atoms with van der Waals surface area (Å²) in [7, 11) is 1.82. The van der Waals surface area contributed by atoms with Gasteiger partial charge in [0, 0.05) is 19.4 Å². The number of para-hydroxylation sites is 1. The molecule has 0 aliphatic heterocycles. The first-order chi connectivity index (χ1) is 10.7. The Morgan fingerprint density at radius 3 is 2.86 bits per heavy atom. The van der Waals surface area contributed by atoms with Gasteiger partial charge in [-0.05, 0) is 24.6 Å². The molecule has 5 nitrogen and oxygen atoms in total. The van der Waals surface area contributed by atoms with E-state index in [1.165, 1.54) is 0 Å². The molecule has 22 heavy (non-hydrogen) atoms. The van der Waals surface area contributed by atoms with Crippen molar-refractivity contribution in [3.8, 4) is 0 Å². The highest BCUT2D eigenvalue weighted by Crippen LogP contribution is 2.23. The van der Waals surface area contributed by atoms with Crippen molar-refractivity contribution in [3.63, 3.8) is 0 Å². The molecule has 1 atom stereocenters. The van der Waals surface area contributed by atoms with E-state index in [9.17, 15) is 4.79 Å². The fraction of sp³-hybridized carbons (Fsp3) is 0.312. The Morgan fingerprint density at radius 2 is 2.18 bits per heavy atom. The van der Waals surface area contributed by atoms with Crippen molar-refractivity contribution in [1.82, 2.24) is 19.7 Å². The smallest absolute Gasteiger partial charge is 0.247 e. The second kappa shape index (κ2) is 6.27. The normalized spacial score (nSPS) is 12.5. The third-order valence-electron chi connectivity index (χ3n) is 3.60.